The van der Waals surface area contributed by atoms with Gasteiger partial charge in [0, 0.05) is 38.4 Å². The summed E-state index contributed by atoms with van der Waals surface area (Å²) in [7, 11) is 2.17. The number of piperazine rings is 1. The normalized spacial score (nSPS) is 22.0. The molecule has 0 aliphatic carbocycles. The molecule has 0 aromatic carbocycles. The van der Waals surface area contributed by atoms with E-state index in [1.807, 2.05) is 12.1 Å². The zero-order valence-corrected chi connectivity index (χ0v) is 11.8. The molecule has 0 amide bonds. The smallest absolute Gasteiger partial charge is 0.122 e. The predicted molar refractivity (Wildman–Crippen MR) is 77.5 cm³/mol. The number of rotatable bonds is 3. The van der Waals surface area contributed by atoms with Crippen LogP contribution in [-0.2, 0) is 6.54 Å². The van der Waals surface area contributed by atoms with Gasteiger partial charge in [-0.25, -0.2) is 0 Å². The van der Waals surface area contributed by atoms with E-state index < -0.39 is 0 Å². The summed E-state index contributed by atoms with van der Waals surface area (Å²) in [6, 6.07) is 4.60. The molecule has 2 N–H and O–H groups in total. The molecule has 2 heterocycles. The van der Waals surface area contributed by atoms with Crippen LogP contribution in [0.5, 0.6) is 0 Å². The van der Waals surface area contributed by atoms with Gasteiger partial charge in [-0.1, -0.05) is 12.2 Å². The summed E-state index contributed by atoms with van der Waals surface area (Å²) in [5.74, 6) is 0. The molecule has 2 rings (SSSR count). The van der Waals surface area contributed by atoms with Gasteiger partial charge in [-0.05, 0) is 31.7 Å². The van der Waals surface area contributed by atoms with E-state index in [0.29, 0.717) is 16.7 Å². The van der Waals surface area contributed by atoms with Crippen molar-refractivity contribution in [1.29, 1.82) is 0 Å². The first kappa shape index (κ1) is 13.4. The van der Waals surface area contributed by atoms with E-state index in [1.165, 1.54) is 5.56 Å². The zero-order chi connectivity index (χ0) is 13.1. The Balaban J connectivity index is 2.05. The van der Waals surface area contributed by atoms with Crippen LogP contribution >= 0.6 is 12.2 Å². The van der Waals surface area contributed by atoms with Crippen molar-refractivity contribution in [3.05, 3.63) is 29.6 Å². The van der Waals surface area contributed by atoms with Crippen molar-refractivity contribution >= 4 is 17.2 Å². The molecule has 4 nitrogen and oxygen atoms in total. The minimum absolute atomic E-state index is 0.364. The maximum atomic E-state index is 5.61. The van der Waals surface area contributed by atoms with Crippen LogP contribution in [0, 0.1) is 0 Å². The molecule has 18 heavy (non-hydrogen) atoms. The Morgan fingerprint density at radius 2 is 2.33 bits per heavy atom. The van der Waals surface area contributed by atoms with E-state index in [1.54, 1.807) is 6.20 Å². The van der Waals surface area contributed by atoms with Gasteiger partial charge in [0.15, 0.2) is 0 Å². The first-order valence-corrected chi connectivity index (χ1v) is 6.64. The van der Waals surface area contributed by atoms with E-state index in [9.17, 15) is 0 Å². The fourth-order valence-electron chi connectivity index (χ4n) is 2.35. The van der Waals surface area contributed by atoms with Crippen LogP contribution in [-0.4, -0.2) is 52.5 Å². The van der Waals surface area contributed by atoms with Gasteiger partial charge in [-0.2, -0.15) is 0 Å². The van der Waals surface area contributed by atoms with Crippen LogP contribution in [0.1, 0.15) is 18.2 Å². The van der Waals surface area contributed by atoms with Crippen molar-refractivity contribution in [1.82, 2.24) is 14.8 Å². The lowest BCUT2D eigenvalue weighted by Gasteiger charge is -2.38. The predicted octanol–water partition coefficient (Wildman–Crippen LogP) is 0.852. The lowest BCUT2D eigenvalue weighted by Crippen LogP contribution is -2.49. The largest absolute Gasteiger partial charge is 0.388 e. The number of likely N-dealkylation sites (N-methyl/N-ethyl adjacent to an activating group) is 1. The monoisotopic (exact) mass is 264 g/mol. The minimum Gasteiger partial charge on any atom is -0.388 e. The Kier molecular flexibility index (Phi) is 4.27. The minimum atomic E-state index is 0.364. The molecule has 1 saturated heterocycles. The van der Waals surface area contributed by atoms with Crippen LogP contribution < -0.4 is 5.73 Å². The molecule has 5 heteroatoms. The Bertz CT molecular complexity index is 435. The van der Waals surface area contributed by atoms with Gasteiger partial charge >= 0.3 is 0 Å². The highest BCUT2D eigenvalue weighted by Crippen LogP contribution is 2.13. The Labute approximate surface area is 114 Å². The fraction of sp³-hybridized carbons (Fsp3) is 0.538. The maximum Gasteiger partial charge on any atom is 0.122 e. The van der Waals surface area contributed by atoms with Crippen molar-refractivity contribution in [2.24, 2.45) is 5.73 Å². The number of hydrogen-bond donors (Lipinski definition) is 1. The number of hydrogen-bond acceptors (Lipinski definition) is 4. The van der Waals surface area contributed by atoms with E-state index in [-0.39, 0.29) is 0 Å². The van der Waals surface area contributed by atoms with E-state index in [0.717, 1.165) is 26.2 Å². The molecule has 98 valence electrons. The fourth-order valence-corrected chi connectivity index (χ4v) is 2.47. The number of pyridine rings is 1. The summed E-state index contributed by atoms with van der Waals surface area (Å²) in [6.45, 7) is 6.55. The summed E-state index contributed by atoms with van der Waals surface area (Å²) >= 11 is 4.96. The third kappa shape index (κ3) is 3.25. The van der Waals surface area contributed by atoms with E-state index in [4.69, 9.17) is 18.0 Å². The standard InChI is InChI=1S/C13H20N4S/c1-10-8-16(2)5-6-17(10)9-11-3-4-15-12(7-11)13(14)18/h3-4,7,10H,5-6,8-9H2,1-2H3,(H2,14,18). The quantitative estimate of drug-likeness (QED) is 0.820. The molecule has 1 unspecified atom stereocenters. The Morgan fingerprint density at radius 3 is 3.00 bits per heavy atom. The average Bonchev–Trinajstić information content (AvgIpc) is 2.33. The zero-order valence-electron chi connectivity index (χ0n) is 11.0. The molecule has 1 atom stereocenters. The molecule has 1 aromatic heterocycles. The number of nitrogens with zero attached hydrogens (tertiary/aromatic N) is 3. The van der Waals surface area contributed by atoms with Gasteiger partial charge in [0.2, 0.25) is 0 Å². The third-order valence-corrected chi connectivity index (χ3v) is 3.64. The van der Waals surface area contributed by atoms with Gasteiger partial charge in [0.05, 0.1) is 5.69 Å². The second-order valence-corrected chi connectivity index (χ2v) is 5.44. The van der Waals surface area contributed by atoms with Gasteiger partial charge < -0.3 is 10.6 Å². The van der Waals surface area contributed by atoms with Crippen molar-refractivity contribution in [2.75, 3.05) is 26.7 Å². The third-order valence-electron chi connectivity index (χ3n) is 3.43. The molecular weight excluding hydrogens is 244 g/mol. The summed E-state index contributed by atoms with van der Waals surface area (Å²) < 4.78 is 0. The van der Waals surface area contributed by atoms with Gasteiger partial charge in [0.1, 0.15) is 4.99 Å². The first-order chi connectivity index (χ1) is 8.56. The highest BCUT2D eigenvalue weighted by molar-refractivity contribution is 7.80. The molecule has 0 saturated carbocycles. The number of thiocarbonyl (C=S) groups is 1. The topological polar surface area (TPSA) is 45.4 Å². The molecule has 1 aliphatic heterocycles. The highest BCUT2D eigenvalue weighted by Gasteiger charge is 2.21. The molecule has 0 radical (unpaired) electrons. The first-order valence-electron chi connectivity index (χ1n) is 6.23. The van der Waals surface area contributed by atoms with E-state index in [2.05, 4.69) is 28.8 Å². The van der Waals surface area contributed by atoms with Gasteiger partial charge in [-0.3, -0.25) is 9.88 Å². The lowest BCUT2D eigenvalue weighted by molar-refractivity contribution is 0.0938. The average molecular weight is 264 g/mol. The molecule has 1 fully saturated rings. The SMILES string of the molecule is CC1CN(C)CCN1Cc1ccnc(C(N)=S)c1. The summed E-state index contributed by atoms with van der Waals surface area (Å²) in [4.78, 5) is 9.39. The van der Waals surface area contributed by atoms with Gasteiger partial charge in [0.25, 0.3) is 0 Å². The van der Waals surface area contributed by atoms with Crippen molar-refractivity contribution in [3.63, 3.8) is 0 Å². The Morgan fingerprint density at radius 1 is 1.56 bits per heavy atom. The van der Waals surface area contributed by atoms with Crippen LogP contribution in [0.15, 0.2) is 18.3 Å². The second kappa shape index (κ2) is 5.73. The summed E-state index contributed by atoms with van der Waals surface area (Å²) in [5.41, 5.74) is 7.55. The molecule has 1 aliphatic rings. The highest BCUT2D eigenvalue weighted by atomic mass is 32.1. The molecule has 1 aromatic rings. The van der Waals surface area contributed by atoms with E-state index >= 15 is 0 Å². The van der Waals surface area contributed by atoms with Crippen LogP contribution in [0.3, 0.4) is 0 Å². The molecule has 0 spiro atoms. The maximum absolute atomic E-state index is 5.61. The Hall–Kier alpha value is -1.04. The van der Waals surface area contributed by atoms with Crippen LogP contribution in [0.25, 0.3) is 0 Å². The summed E-state index contributed by atoms with van der Waals surface area (Å²) in [5, 5.41) is 0. The van der Waals surface area contributed by atoms with Crippen LogP contribution in [0.2, 0.25) is 0 Å². The lowest BCUT2D eigenvalue weighted by atomic mass is 10.1. The number of aromatic nitrogens is 1. The summed E-state index contributed by atoms with van der Waals surface area (Å²) in [6.07, 6.45) is 1.78. The number of nitrogens with two attached hydrogens (primary N) is 1. The van der Waals surface area contributed by atoms with Crippen molar-refractivity contribution in [3.8, 4) is 0 Å². The molecule has 0 bridgehead atoms. The van der Waals surface area contributed by atoms with Crippen molar-refractivity contribution < 1.29 is 0 Å². The van der Waals surface area contributed by atoms with Crippen LogP contribution in [0.4, 0.5) is 0 Å². The molecular formula is C13H20N4S. The second-order valence-electron chi connectivity index (χ2n) is 5.00. The van der Waals surface area contributed by atoms with Crippen molar-refractivity contribution in [2.45, 2.75) is 19.5 Å². The van der Waals surface area contributed by atoms with Gasteiger partial charge in [-0.15, -0.1) is 0 Å².